The molecule has 1 aliphatic carbocycles. The molecule has 0 saturated heterocycles. The van der Waals surface area contributed by atoms with Gasteiger partial charge in [-0.05, 0) is 30.2 Å². The number of anilines is 2. The average molecular weight is 308 g/mol. The number of hydrogen-bond acceptors (Lipinski definition) is 6. The molecule has 1 saturated carbocycles. The van der Waals surface area contributed by atoms with E-state index < -0.39 is 0 Å². The number of carbonyl (C=O) groups is 1. The lowest BCUT2D eigenvalue weighted by Gasteiger charge is -2.06. The number of nitrogen functional groups attached to an aromatic ring is 1. The van der Waals surface area contributed by atoms with Crippen LogP contribution >= 0.6 is 22.7 Å². The third-order valence-electron chi connectivity index (χ3n) is 3.34. The Bertz CT molecular complexity index is 615. The van der Waals surface area contributed by atoms with Crippen LogP contribution in [0.3, 0.4) is 0 Å². The summed E-state index contributed by atoms with van der Waals surface area (Å²) in [5.74, 6) is 0.147. The van der Waals surface area contributed by atoms with Crippen LogP contribution < -0.4 is 11.1 Å². The molecular weight excluding hydrogens is 292 g/mol. The maximum Gasteiger partial charge on any atom is 0.350 e. The van der Waals surface area contributed by atoms with Gasteiger partial charge in [0.25, 0.3) is 0 Å². The standard InChI is InChI=1S/C14H16N2O2S2/c1-18-14(17)12-11(15)10(8-4-5-8)13(20-12)16-7-9-3-2-6-19-9/h2-3,6,8,16H,4-5,7,15H2,1H3. The van der Waals surface area contributed by atoms with Crippen LogP contribution in [-0.2, 0) is 11.3 Å². The molecule has 0 amide bonds. The largest absolute Gasteiger partial charge is 0.465 e. The first kappa shape index (κ1) is 13.5. The third kappa shape index (κ3) is 2.53. The molecule has 2 heterocycles. The van der Waals surface area contributed by atoms with Crippen LogP contribution in [0.2, 0.25) is 0 Å². The Morgan fingerprint density at radius 2 is 2.35 bits per heavy atom. The van der Waals surface area contributed by atoms with Crippen LogP contribution in [0, 0.1) is 0 Å². The molecule has 3 rings (SSSR count). The quantitative estimate of drug-likeness (QED) is 0.827. The number of esters is 1. The Labute approximate surface area is 125 Å². The maximum atomic E-state index is 11.8. The van der Waals surface area contributed by atoms with E-state index in [0.29, 0.717) is 16.5 Å². The molecule has 2 aromatic rings. The van der Waals surface area contributed by atoms with E-state index in [4.69, 9.17) is 10.5 Å². The summed E-state index contributed by atoms with van der Waals surface area (Å²) in [6.07, 6.45) is 2.30. The van der Waals surface area contributed by atoms with Crippen molar-refractivity contribution in [3.8, 4) is 0 Å². The predicted octanol–water partition coefficient (Wildman–Crippen LogP) is 3.67. The number of methoxy groups -OCH3 is 1. The number of nitrogens with one attached hydrogen (secondary N) is 1. The second-order valence-corrected chi connectivity index (χ2v) is 6.84. The van der Waals surface area contributed by atoms with E-state index in [0.717, 1.165) is 30.0 Å². The molecule has 0 aromatic carbocycles. The Balaban J connectivity index is 1.86. The Morgan fingerprint density at radius 3 is 2.95 bits per heavy atom. The van der Waals surface area contributed by atoms with E-state index in [1.165, 1.54) is 23.3 Å². The van der Waals surface area contributed by atoms with Gasteiger partial charge in [0.05, 0.1) is 24.3 Å². The Hall–Kier alpha value is -1.53. The van der Waals surface area contributed by atoms with E-state index >= 15 is 0 Å². The zero-order valence-corrected chi connectivity index (χ0v) is 12.8. The van der Waals surface area contributed by atoms with Gasteiger partial charge in [-0.3, -0.25) is 0 Å². The summed E-state index contributed by atoms with van der Waals surface area (Å²) < 4.78 is 4.80. The van der Waals surface area contributed by atoms with E-state index in [-0.39, 0.29) is 5.97 Å². The summed E-state index contributed by atoms with van der Waals surface area (Å²) in [5.41, 5.74) is 7.84. The van der Waals surface area contributed by atoms with E-state index in [9.17, 15) is 4.79 Å². The van der Waals surface area contributed by atoms with Gasteiger partial charge in [-0.25, -0.2) is 4.79 Å². The highest BCUT2D eigenvalue weighted by molar-refractivity contribution is 7.18. The first-order chi connectivity index (χ1) is 9.70. The monoisotopic (exact) mass is 308 g/mol. The highest BCUT2D eigenvalue weighted by Crippen LogP contribution is 2.51. The van der Waals surface area contributed by atoms with Gasteiger partial charge in [0.1, 0.15) is 4.88 Å². The normalized spacial score (nSPS) is 14.2. The first-order valence-electron chi connectivity index (χ1n) is 6.47. The third-order valence-corrected chi connectivity index (χ3v) is 5.38. The van der Waals surface area contributed by atoms with Crippen LogP contribution in [0.1, 0.15) is 38.9 Å². The molecule has 4 nitrogen and oxygen atoms in total. The molecule has 20 heavy (non-hydrogen) atoms. The van der Waals surface area contributed by atoms with Crippen LogP contribution in [0.5, 0.6) is 0 Å². The van der Waals surface area contributed by atoms with Crippen molar-refractivity contribution in [1.29, 1.82) is 0 Å². The van der Waals surface area contributed by atoms with Crippen LogP contribution in [-0.4, -0.2) is 13.1 Å². The second-order valence-electron chi connectivity index (χ2n) is 4.79. The molecule has 0 unspecified atom stereocenters. The van der Waals surface area contributed by atoms with E-state index in [1.807, 2.05) is 6.07 Å². The minimum atomic E-state index is -0.349. The van der Waals surface area contributed by atoms with Gasteiger partial charge in [0, 0.05) is 10.4 Å². The summed E-state index contributed by atoms with van der Waals surface area (Å²) in [6, 6.07) is 4.12. The number of nitrogens with two attached hydrogens (primary N) is 1. The molecule has 3 N–H and O–H groups in total. The molecule has 1 aliphatic rings. The van der Waals surface area contributed by atoms with Crippen molar-refractivity contribution in [3.05, 3.63) is 32.8 Å². The van der Waals surface area contributed by atoms with Crippen molar-refractivity contribution in [2.45, 2.75) is 25.3 Å². The average Bonchev–Trinajstić information content (AvgIpc) is 3.03. The topological polar surface area (TPSA) is 64.3 Å². The fourth-order valence-electron chi connectivity index (χ4n) is 2.19. The molecule has 1 fully saturated rings. The summed E-state index contributed by atoms with van der Waals surface area (Å²) in [7, 11) is 1.39. The first-order valence-corrected chi connectivity index (χ1v) is 8.17. The number of ether oxygens (including phenoxy) is 1. The summed E-state index contributed by atoms with van der Waals surface area (Å²) >= 11 is 3.12. The van der Waals surface area contributed by atoms with Crippen molar-refractivity contribution >= 4 is 39.3 Å². The fourth-order valence-corrected chi connectivity index (χ4v) is 3.96. The van der Waals surface area contributed by atoms with Crippen molar-refractivity contribution in [1.82, 2.24) is 0 Å². The highest BCUT2D eigenvalue weighted by atomic mass is 32.1. The van der Waals surface area contributed by atoms with Gasteiger partial charge < -0.3 is 15.8 Å². The zero-order valence-electron chi connectivity index (χ0n) is 11.1. The second kappa shape index (κ2) is 5.46. The lowest BCUT2D eigenvalue weighted by Crippen LogP contribution is -2.03. The minimum absolute atomic E-state index is 0.349. The van der Waals surface area contributed by atoms with Gasteiger partial charge in [-0.1, -0.05) is 6.07 Å². The van der Waals surface area contributed by atoms with Gasteiger partial charge in [0.15, 0.2) is 0 Å². The van der Waals surface area contributed by atoms with Crippen molar-refractivity contribution < 1.29 is 9.53 Å². The predicted molar refractivity (Wildman–Crippen MR) is 83.7 cm³/mol. The van der Waals surface area contributed by atoms with Gasteiger partial charge in [-0.2, -0.15) is 0 Å². The SMILES string of the molecule is COC(=O)c1sc(NCc2cccs2)c(C2CC2)c1N. The minimum Gasteiger partial charge on any atom is -0.465 e. The van der Waals surface area contributed by atoms with Gasteiger partial charge in [-0.15, -0.1) is 22.7 Å². The molecule has 0 spiro atoms. The zero-order chi connectivity index (χ0) is 14.1. The lowest BCUT2D eigenvalue weighted by molar-refractivity contribution is 0.0607. The number of thiophene rings is 2. The summed E-state index contributed by atoms with van der Waals surface area (Å²) in [6.45, 7) is 0.762. The van der Waals surface area contributed by atoms with E-state index in [2.05, 4.69) is 16.8 Å². The smallest absolute Gasteiger partial charge is 0.350 e. The summed E-state index contributed by atoms with van der Waals surface area (Å²) in [4.78, 5) is 13.5. The summed E-state index contributed by atoms with van der Waals surface area (Å²) in [5, 5.41) is 6.49. The molecule has 0 atom stereocenters. The molecule has 2 aromatic heterocycles. The number of hydrogen-bond donors (Lipinski definition) is 2. The van der Waals surface area contributed by atoms with Crippen molar-refractivity contribution in [3.63, 3.8) is 0 Å². The van der Waals surface area contributed by atoms with Gasteiger partial charge >= 0.3 is 5.97 Å². The van der Waals surface area contributed by atoms with Crippen LogP contribution in [0.4, 0.5) is 10.7 Å². The lowest BCUT2D eigenvalue weighted by atomic mass is 10.1. The molecule has 0 aliphatic heterocycles. The molecule has 0 bridgehead atoms. The molecule has 106 valence electrons. The molecule has 6 heteroatoms. The van der Waals surface area contributed by atoms with Crippen LogP contribution in [0.15, 0.2) is 17.5 Å². The molecular formula is C14H16N2O2S2. The van der Waals surface area contributed by atoms with Crippen molar-refractivity contribution in [2.75, 3.05) is 18.2 Å². The van der Waals surface area contributed by atoms with Crippen molar-refractivity contribution in [2.24, 2.45) is 0 Å². The highest BCUT2D eigenvalue weighted by Gasteiger charge is 2.33. The van der Waals surface area contributed by atoms with E-state index in [1.54, 1.807) is 11.3 Å². The Morgan fingerprint density at radius 1 is 1.55 bits per heavy atom. The maximum absolute atomic E-state index is 11.8. The number of rotatable bonds is 5. The van der Waals surface area contributed by atoms with Gasteiger partial charge in [0.2, 0.25) is 0 Å². The number of carbonyl (C=O) groups excluding carboxylic acids is 1. The molecule has 0 radical (unpaired) electrons. The fraction of sp³-hybridized carbons (Fsp3) is 0.357. The Kier molecular flexibility index (Phi) is 3.67. The van der Waals surface area contributed by atoms with Crippen LogP contribution in [0.25, 0.3) is 0 Å².